The zero-order valence-corrected chi connectivity index (χ0v) is 27.7. The van der Waals surface area contributed by atoms with E-state index in [9.17, 15) is 28.0 Å². The van der Waals surface area contributed by atoms with E-state index in [4.69, 9.17) is 14.2 Å². The SMILES string of the molecule is CC(C)(C)OC(=O)N[C@H](C(=O)N1CC[C@@H]2[C@H]1[C@@H](COc1ccc(F)c(F)c1)CN2C(=O)CNC(=O)OCc1ccccc1)C(C)(C)C. The number of ether oxygens (including phenoxy) is 3. The van der Waals surface area contributed by atoms with Gasteiger partial charge in [0.1, 0.15) is 30.5 Å². The third kappa shape index (κ3) is 9.32. The molecule has 4 amide bonds. The van der Waals surface area contributed by atoms with Crippen LogP contribution in [-0.4, -0.2) is 83.8 Å². The smallest absolute Gasteiger partial charge is 0.408 e. The number of hydrogen-bond donors (Lipinski definition) is 2. The number of likely N-dealkylation sites (tertiary alicyclic amines) is 2. The highest BCUT2D eigenvalue weighted by Gasteiger charge is 2.53. The molecule has 13 heteroatoms. The van der Waals surface area contributed by atoms with Gasteiger partial charge in [0.2, 0.25) is 11.8 Å². The van der Waals surface area contributed by atoms with Gasteiger partial charge in [-0.15, -0.1) is 0 Å². The fraction of sp³-hybridized carbons (Fsp3) is 0.529. The molecular weight excluding hydrogens is 614 g/mol. The van der Waals surface area contributed by atoms with Gasteiger partial charge >= 0.3 is 12.2 Å². The van der Waals surface area contributed by atoms with Gasteiger partial charge in [-0.1, -0.05) is 51.1 Å². The van der Waals surface area contributed by atoms with Crippen LogP contribution in [0, 0.1) is 23.0 Å². The van der Waals surface area contributed by atoms with Crippen LogP contribution in [0.4, 0.5) is 18.4 Å². The molecule has 2 heterocycles. The Morgan fingerprint density at radius 2 is 1.64 bits per heavy atom. The normalized spacial score (nSPS) is 19.9. The van der Waals surface area contributed by atoms with Gasteiger partial charge in [0.15, 0.2) is 11.6 Å². The van der Waals surface area contributed by atoms with Crippen molar-refractivity contribution in [2.24, 2.45) is 11.3 Å². The van der Waals surface area contributed by atoms with E-state index >= 15 is 0 Å². The Bertz CT molecular complexity index is 1440. The zero-order valence-electron chi connectivity index (χ0n) is 27.7. The van der Waals surface area contributed by atoms with E-state index < -0.39 is 58.9 Å². The maximum atomic E-state index is 14.2. The first-order chi connectivity index (χ1) is 22.0. The van der Waals surface area contributed by atoms with Crippen molar-refractivity contribution >= 4 is 24.0 Å². The molecule has 47 heavy (non-hydrogen) atoms. The minimum absolute atomic E-state index is 0.00791. The second-order valence-corrected chi connectivity index (χ2v) is 13.9. The van der Waals surface area contributed by atoms with Crippen LogP contribution < -0.4 is 15.4 Å². The summed E-state index contributed by atoms with van der Waals surface area (Å²) in [6.45, 7) is 10.9. The van der Waals surface area contributed by atoms with Crippen LogP contribution in [0.5, 0.6) is 5.75 Å². The third-order valence-corrected chi connectivity index (χ3v) is 8.06. The predicted molar refractivity (Wildman–Crippen MR) is 168 cm³/mol. The first-order valence-electron chi connectivity index (χ1n) is 15.7. The van der Waals surface area contributed by atoms with Crippen LogP contribution in [-0.2, 0) is 25.7 Å². The lowest BCUT2D eigenvalue weighted by Crippen LogP contribution is -2.57. The second-order valence-electron chi connectivity index (χ2n) is 13.9. The fourth-order valence-corrected chi connectivity index (χ4v) is 5.93. The Balaban J connectivity index is 1.50. The molecule has 11 nitrogen and oxygen atoms in total. The van der Waals surface area contributed by atoms with E-state index in [1.54, 1.807) is 30.6 Å². The molecule has 2 N–H and O–H groups in total. The van der Waals surface area contributed by atoms with Gasteiger partial charge in [0.25, 0.3) is 0 Å². The van der Waals surface area contributed by atoms with Gasteiger partial charge in [0.05, 0.1) is 18.7 Å². The fourth-order valence-electron chi connectivity index (χ4n) is 5.93. The molecule has 2 fully saturated rings. The third-order valence-electron chi connectivity index (χ3n) is 8.06. The Labute approximate surface area is 273 Å². The summed E-state index contributed by atoms with van der Waals surface area (Å²) in [6, 6.07) is 10.5. The number of nitrogens with zero attached hydrogens (tertiary/aromatic N) is 2. The van der Waals surface area contributed by atoms with Gasteiger partial charge in [-0.2, -0.15) is 0 Å². The maximum absolute atomic E-state index is 14.2. The maximum Gasteiger partial charge on any atom is 0.408 e. The molecule has 0 spiro atoms. The number of hydrogen-bond acceptors (Lipinski definition) is 7. The van der Waals surface area contributed by atoms with Gasteiger partial charge in [0, 0.05) is 25.1 Å². The molecule has 0 bridgehead atoms. The minimum atomic E-state index is -1.06. The number of carbonyl (C=O) groups excluding carboxylic acids is 4. The van der Waals surface area contributed by atoms with Gasteiger partial charge < -0.3 is 34.6 Å². The topological polar surface area (TPSA) is 127 Å². The second kappa shape index (κ2) is 14.6. The molecule has 0 aliphatic carbocycles. The van der Waals surface area contributed by atoms with Crippen LogP contribution in [0.3, 0.4) is 0 Å². The molecule has 0 unspecified atom stereocenters. The molecule has 2 aliphatic heterocycles. The Kier molecular flexibility index (Phi) is 11.0. The highest BCUT2D eigenvalue weighted by molar-refractivity contribution is 5.88. The number of fused-ring (bicyclic) bond motifs is 1. The largest absolute Gasteiger partial charge is 0.493 e. The van der Waals surface area contributed by atoms with Crippen molar-refractivity contribution in [1.82, 2.24) is 20.4 Å². The van der Waals surface area contributed by atoms with Crippen LogP contribution >= 0.6 is 0 Å². The molecule has 0 saturated carbocycles. The number of amides is 4. The van der Waals surface area contributed by atoms with E-state index in [-0.39, 0.29) is 43.9 Å². The summed E-state index contributed by atoms with van der Waals surface area (Å²) >= 11 is 0. The van der Waals surface area contributed by atoms with Crippen molar-refractivity contribution in [3.05, 3.63) is 65.7 Å². The van der Waals surface area contributed by atoms with E-state index in [0.717, 1.165) is 17.7 Å². The molecule has 2 aliphatic rings. The molecule has 2 saturated heterocycles. The van der Waals surface area contributed by atoms with Gasteiger partial charge in [-0.3, -0.25) is 9.59 Å². The standard InChI is InChI=1S/C34H44F2N4O7/c1-33(2,3)29(38-32(44)47-34(4,5)6)30(42)39-15-14-26-28(39)22(20-45-23-12-13-24(35)25(36)16-23)18-40(26)27(41)17-37-31(43)46-19-21-10-8-7-9-11-21/h7-13,16,22,26,28-29H,14-15,17-20H2,1-6H3,(H,37,43)(H,38,44)/t22-,26-,28-,29-/m1/s1. The molecule has 4 atom stereocenters. The number of benzene rings is 2. The first kappa shape index (κ1) is 35.4. The molecular formula is C34H44F2N4O7. The van der Waals surface area contributed by atoms with Crippen molar-refractivity contribution in [1.29, 1.82) is 0 Å². The van der Waals surface area contributed by atoms with Crippen molar-refractivity contribution in [3.8, 4) is 5.75 Å². The minimum Gasteiger partial charge on any atom is -0.493 e. The monoisotopic (exact) mass is 658 g/mol. The van der Waals surface area contributed by atoms with Crippen molar-refractivity contribution in [2.45, 2.75) is 78.3 Å². The predicted octanol–water partition coefficient (Wildman–Crippen LogP) is 4.64. The Morgan fingerprint density at radius 1 is 0.936 bits per heavy atom. The molecule has 0 radical (unpaired) electrons. The molecule has 256 valence electrons. The van der Waals surface area contributed by atoms with Crippen LogP contribution in [0.1, 0.15) is 53.5 Å². The molecule has 2 aromatic carbocycles. The van der Waals surface area contributed by atoms with Gasteiger partial charge in [-0.25, -0.2) is 18.4 Å². The van der Waals surface area contributed by atoms with E-state index in [1.807, 2.05) is 51.1 Å². The number of halogens is 2. The number of carbonyl (C=O) groups is 4. The number of nitrogens with one attached hydrogen (secondary N) is 2. The zero-order chi connectivity index (χ0) is 34.5. The van der Waals surface area contributed by atoms with E-state index in [2.05, 4.69) is 10.6 Å². The Morgan fingerprint density at radius 3 is 2.28 bits per heavy atom. The molecule has 2 aromatic rings. The molecule has 4 rings (SSSR count). The number of rotatable bonds is 9. The van der Waals surface area contributed by atoms with Gasteiger partial charge in [-0.05, 0) is 50.3 Å². The average Bonchev–Trinajstić information content (AvgIpc) is 3.58. The lowest BCUT2D eigenvalue weighted by atomic mass is 9.85. The summed E-state index contributed by atoms with van der Waals surface area (Å²) in [4.78, 5) is 56.0. The average molecular weight is 659 g/mol. The van der Waals surface area contributed by atoms with Crippen molar-refractivity contribution in [2.75, 3.05) is 26.2 Å². The lowest BCUT2D eigenvalue weighted by molar-refractivity contribution is -0.138. The summed E-state index contributed by atoms with van der Waals surface area (Å²) in [5.74, 6) is -3.11. The van der Waals surface area contributed by atoms with Crippen LogP contribution in [0.2, 0.25) is 0 Å². The Hall–Kier alpha value is -4.42. The van der Waals surface area contributed by atoms with Crippen molar-refractivity contribution < 1.29 is 42.2 Å². The summed E-state index contributed by atoms with van der Waals surface area (Å²) in [7, 11) is 0. The summed E-state index contributed by atoms with van der Waals surface area (Å²) in [5.41, 5.74) is -0.669. The summed E-state index contributed by atoms with van der Waals surface area (Å²) < 4.78 is 43.9. The van der Waals surface area contributed by atoms with Crippen molar-refractivity contribution in [3.63, 3.8) is 0 Å². The molecule has 0 aromatic heterocycles. The van der Waals surface area contributed by atoms with Crippen LogP contribution in [0.15, 0.2) is 48.5 Å². The summed E-state index contributed by atoms with van der Waals surface area (Å²) in [6.07, 6.45) is -1.03. The van der Waals surface area contributed by atoms with E-state index in [1.165, 1.54) is 6.07 Å². The quantitative estimate of drug-likeness (QED) is 0.402. The summed E-state index contributed by atoms with van der Waals surface area (Å²) in [5, 5.41) is 5.25. The highest BCUT2D eigenvalue weighted by atomic mass is 19.2. The van der Waals surface area contributed by atoms with E-state index in [0.29, 0.717) is 13.0 Å². The lowest BCUT2D eigenvalue weighted by Gasteiger charge is -2.37. The highest BCUT2D eigenvalue weighted by Crippen LogP contribution is 2.38. The first-order valence-corrected chi connectivity index (χ1v) is 15.7. The number of alkyl carbamates (subject to hydrolysis) is 2. The van der Waals surface area contributed by atoms with Crippen LogP contribution in [0.25, 0.3) is 0 Å².